The molecule has 0 aliphatic carbocycles. The topological polar surface area (TPSA) is 24.9 Å². The van der Waals surface area contributed by atoms with Crippen molar-refractivity contribution in [1.29, 1.82) is 0 Å². The molecule has 82 valence electrons. The van der Waals surface area contributed by atoms with E-state index in [4.69, 9.17) is 0 Å². The van der Waals surface area contributed by atoms with Crippen molar-refractivity contribution in [2.75, 3.05) is 6.54 Å². The summed E-state index contributed by atoms with van der Waals surface area (Å²) < 4.78 is 1.06. The monoisotopic (exact) mass is 268 g/mol. The van der Waals surface area contributed by atoms with Gasteiger partial charge >= 0.3 is 0 Å². The van der Waals surface area contributed by atoms with E-state index < -0.39 is 0 Å². The van der Waals surface area contributed by atoms with E-state index in [1.165, 1.54) is 37.9 Å². The number of nitrogens with one attached hydrogen (secondary N) is 1. The fourth-order valence-electron chi connectivity index (χ4n) is 2.05. The Hall–Kier alpha value is -0.410. The number of nitrogens with zero attached hydrogens (tertiary/aromatic N) is 1. The van der Waals surface area contributed by atoms with Gasteiger partial charge in [-0.25, -0.2) is 0 Å². The van der Waals surface area contributed by atoms with Crippen LogP contribution in [-0.2, 0) is 6.42 Å². The molecule has 0 radical (unpaired) electrons. The van der Waals surface area contributed by atoms with Crippen LogP contribution >= 0.6 is 15.9 Å². The van der Waals surface area contributed by atoms with Gasteiger partial charge in [0.1, 0.15) is 0 Å². The van der Waals surface area contributed by atoms with E-state index in [0.717, 1.165) is 10.9 Å². The molecule has 1 aliphatic rings. The third-order valence-corrected chi connectivity index (χ3v) is 3.38. The van der Waals surface area contributed by atoms with Crippen LogP contribution in [0.1, 0.15) is 31.4 Å². The lowest BCUT2D eigenvalue weighted by Gasteiger charge is -2.14. The molecule has 1 aliphatic heterocycles. The molecular formula is C12H17BrN2. The summed E-state index contributed by atoms with van der Waals surface area (Å²) in [5.74, 6) is 0. The minimum Gasteiger partial charge on any atom is -0.314 e. The van der Waals surface area contributed by atoms with E-state index in [9.17, 15) is 0 Å². The molecule has 0 amide bonds. The van der Waals surface area contributed by atoms with Crippen LogP contribution in [0, 0.1) is 0 Å². The molecule has 1 atom stereocenters. The SMILES string of the molecule is Brc1ccc(CC2CCCCCN2)nc1. The molecule has 1 N–H and O–H groups in total. The lowest BCUT2D eigenvalue weighted by Crippen LogP contribution is -2.30. The largest absolute Gasteiger partial charge is 0.314 e. The average Bonchev–Trinajstić information content (AvgIpc) is 2.50. The molecule has 1 aromatic heterocycles. The first-order valence-corrected chi connectivity index (χ1v) is 6.48. The maximum absolute atomic E-state index is 4.42. The van der Waals surface area contributed by atoms with Gasteiger partial charge in [0.05, 0.1) is 0 Å². The Labute approximate surface area is 99.6 Å². The molecule has 0 spiro atoms. The maximum Gasteiger partial charge on any atom is 0.0419 e. The van der Waals surface area contributed by atoms with Gasteiger partial charge in [-0.1, -0.05) is 12.8 Å². The Bertz CT molecular complexity index is 289. The first kappa shape index (κ1) is 11.1. The molecule has 2 heterocycles. The van der Waals surface area contributed by atoms with Gasteiger partial charge in [-0.2, -0.15) is 0 Å². The van der Waals surface area contributed by atoms with Crippen molar-refractivity contribution in [3.63, 3.8) is 0 Å². The number of hydrogen-bond donors (Lipinski definition) is 1. The fourth-order valence-corrected chi connectivity index (χ4v) is 2.29. The fraction of sp³-hybridized carbons (Fsp3) is 0.583. The molecule has 0 bridgehead atoms. The normalized spacial score (nSPS) is 22.3. The third-order valence-electron chi connectivity index (χ3n) is 2.91. The summed E-state index contributed by atoms with van der Waals surface area (Å²) in [6, 6.07) is 4.80. The second kappa shape index (κ2) is 5.61. The minimum absolute atomic E-state index is 0.626. The first-order chi connectivity index (χ1) is 7.34. The Morgan fingerprint density at radius 1 is 1.33 bits per heavy atom. The second-order valence-corrected chi connectivity index (χ2v) is 5.09. The Morgan fingerprint density at radius 2 is 2.27 bits per heavy atom. The van der Waals surface area contributed by atoms with E-state index >= 15 is 0 Å². The number of hydrogen-bond acceptors (Lipinski definition) is 2. The number of pyridine rings is 1. The quantitative estimate of drug-likeness (QED) is 0.893. The average molecular weight is 269 g/mol. The van der Waals surface area contributed by atoms with Crippen molar-refractivity contribution < 1.29 is 0 Å². The molecular weight excluding hydrogens is 252 g/mol. The summed E-state index contributed by atoms with van der Waals surface area (Å²) in [6.45, 7) is 1.17. The highest BCUT2D eigenvalue weighted by molar-refractivity contribution is 9.10. The molecule has 1 fully saturated rings. The van der Waals surface area contributed by atoms with Crippen LogP contribution in [0.5, 0.6) is 0 Å². The predicted octanol–water partition coefficient (Wildman–Crippen LogP) is 2.92. The van der Waals surface area contributed by atoms with Crippen LogP contribution in [0.3, 0.4) is 0 Å². The van der Waals surface area contributed by atoms with Crippen LogP contribution in [-0.4, -0.2) is 17.6 Å². The van der Waals surface area contributed by atoms with Crippen molar-refractivity contribution in [3.05, 3.63) is 28.5 Å². The van der Waals surface area contributed by atoms with Crippen LogP contribution in [0.15, 0.2) is 22.8 Å². The molecule has 1 saturated heterocycles. The van der Waals surface area contributed by atoms with E-state index in [1.54, 1.807) is 0 Å². The summed E-state index contributed by atoms with van der Waals surface area (Å²) in [6.07, 6.45) is 8.28. The summed E-state index contributed by atoms with van der Waals surface area (Å²) in [5.41, 5.74) is 1.19. The van der Waals surface area contributed by atoms with E-state index in [0.29, 0.717) is 6.04 Å². The molecule has 0 aromatic carbocycles. The van der Waals surface area contributed by atoms with Crippen molar-refractivity contribution in [3.8, 4) is 0 Å². The summed E-state index contributed by atoms with van der Waals surface area (Å²) in [5, 5.41) is 3.59. The molecule has 1 aromatic rings. The van der Waals surface area contributed by atoms with Gasteiger partial charge in [-0.15, -0.1) is 0 Å². The van der Waals surface area contributed by atoms with Gasteiger partial charge in [0.2, 0.25) is 0 Å². The van der Waals surface area contributed by atoms with E-state index in [1.807, 2.05) is 6.20 Å². The zero-order chi connectivity index (χ0) is 10.5. The highest BCUT2D eigenvalue weighted by Crippen LogP contribution is 2.13. The van der Waals surface area contributed by atoms with Crippen molar-refractivity contribution in [1.82, 2.24) is 10.3 Å². The standard InChI is InChI=1S/C12H17BrN2/c13-10-5-6-12(15-9-10)8-11-4-2-1-3-7-14-11/h5-6,9,11,14H,1-4,7-8H2. The highest BCUT2D eigenvalue weighted by atomic mass is 79.9. The van der Waals surface area contributed by atoms with Gasteiger partial charge in [0.25, 0.3) is 0 Å². The molecule has 1 unspecified atom stereocenters. The predicted molar refractivity (Wildman–Crippen MR) is 65.9 cm³/mol. The molecule has 0 saturated carbocycles. The number of rotatable bonds is 2. The van der Waals surface area contributed by atoms with Crippen molar-refractivity contribution >= 4 is 15.9 Å². The maximum atomic E-state index is 4.42. The third kappa shape index (κ3) is 3.58. The Balaban J connectivity index is 1.92. The van der Waals surface area contributed by atoms with Crippen LogP contribution in [0.4, 0.5) is 0 Å². The van der Waals surface area contributed by atoms with Crippen molar-refractivity contribution in [2.45, 2.75) is 38.1 Å². The van der Waals surface area contributed by atoms with Crippen LogP contribution in [0.25, 0.3) is 0 Å². The van der Waals surface area contributed by atoms with Gasteiger partial charge in [-0.3, -0.25) is 4.98 Å². The number of halogens is 1. The zero-order valence-corrected chi connectivity index (χ0v) is 10.5. The van der Waals surface area contributed by atoms with Gasteiger partial charge in [0, 0.05) is 28.8 Å². The lowest BCUT2D eigenvalue weighted by atomic mass is 10.1. The van der Waals surface area contributed by atoms with Crippen LogP contribution < -0.4 is 5.32 Å². The summed E-state index contributed by atoms with van der Waals surface area (Å²) in [4.78, 5) is 4.42. The zero-order valence-electron chi connectivity index (χ0n) is 8.88. The molecule has 2 rings (SSSR count). The van der Waals surface area contributed by atoms with Gasteiger partial charge < -0.3 is 5.32 Å². The van der Waals surface area contributed by atoms with E-state index in [-0.39, 0.29) is 0 Å². The molecule has 15 heavy (non-hydrogen) atoms. The second-order valence-electron chi connectivity index (χ2n) is 4.17. The van der Waals surface area contributed by atoms with Gasteiger partial charge in [0.15, 0.2) is 0 Å². The van der Waals surface area contributed by atoms with Crippen LogP contribution in [0.2, 0.25) is 0 Å². The Morgan fingerprint density at radius 3 is 3.07 bits per heavy atom. The smallest absolute Gasteiger partial charge is 0.0419 e. The molecule has 3 heteroatoms. The minimum atomic E-state index is 0.626. The first-order valence-electron chi connectivity index (χ1n) is 5.68. The van der Waals surface area contributed by atoms with E-state index in [2.05, 4.69) is 38.4 Å². The van der Waals surface area contributed by atoms with Crippen molar-refractivity contribution in [2.24, 2.45) is 0 Å². The number of aromatic nitrogens is 1. The highest BCUT2D eigenvalue weighted by Gasteiger charge is 2.12. The Kier molecular flexibility index (Phi) is 4.15. The summed E-state index contributed by atoms with van der Waals surface area (Å²) in [7, 11) is 0. The van der Waals surface area contributed by atoms with Gasteiger partial charge in [-0.05, 0) is 47.4 Å². The lowest BCUT2D eigenvalue weighted by molar-refractivity contribution is 0.503. The molecule has 2 nitrogen and oxygen atoms in total. The summed E-state index contributed by atoms with van der Waals surface area (Å²) >= 11 is 3.41.